The minimum atomic E-state index is -0.404. The van der Waals surface area contributed by atoms with Gasteiger partial charge in [-0.25, -0.2) is 4.39 Å². The molecule has 0 saturated carbocycles. The van der Waals surface area contributed by atoms with Gasteiger partial charge in [-0.15, -0.1) is 0 Å². The van der Waals surface area contributed by atoms with E-state index in [-0.39, 0.29) is 29.4 Å². The van der Waals surface area contributed by atoms with E-state index >= 15 is 0 Å². The SMILES string of the molecule is CCCCCc1cc(O)c(C/C=C(\C)CCC=C(C)C)c(O)c1C(=O)NCc1ccc(F)cc1. The molecule has 184 valence electrons. The Morgan fingerprint density at radius 1 is 1.06 bits per heavy atom. The molecule has 4 nitrogen and oxygen atoms in total. The number of allylic oxidation sites excluding steroid dienone is 4. The van der Waals surface area contributed by atoms with Crippen LogP contribution in [0.5, 0.6) is 11.5 Å². The first kappa shape index (κ1) is 27.2. The van der Waals surface area contributed by atoms with Crippen LogP contribution in [0.2, 0.25) is 0 Å². The predicted molar refractivity (Wildman–Crippen MR) is 137 cm³/mol. The van der Waals surface area contributed by atoms with Crippen molar-refractivity contribution in [3.63, 3.8) is 0 Å². The van der Waals surface area contributed by atoms with E-state index < -0.39 is 5.91 Å². The molecule has 0 aliphatic heterocycles. The van der Waals surface area contributed by atoms with Crippen molar-refractivity contribution in [2.75, 3.05) is 0 Å². The van der Waals surface area contributed by atoms with Crippen LogP contribution in [0.3, 0.4) is 0 Å². The lowest BCUT2D eigenvalue weighted by atomic mass is 9.94. The third kappa shape index (κ3) is 8.36. The molecule has 0 aliphatic rings. The number of phenolic OH excluding ortho intramolecular Hbond substituents is 2. The molecule has 0 atom stereocenters. The lowest BCUT2D eigenvalue weighted by molar-refractivity contribution is 0.0947. The van der Waals surface area contributed by atoms with Crippen molar-refractivity contribution in [2.45, 2.75) is 79.2 Å². The minimum Gasteiger partial charge on any atom is -0.508 e. The Morgan fingerprint density at radius 3 is 2.41 bits per heavy atom. The summed E-state index contributed by atoms with van der Waals surface area (Å²) < 4.78 is 13.2. The molecular weight excluding hydrogens is 429 g/mol. The number of nitrogens with one attached hydrogen (secondary N) is 1. The van der Waals surface area contributed by atoms with Gasteiger partial charge < -0.3 is 15.5 Å². The number of aryl methyl sites for hydroxylation is 1. The van der Waals surface area contributed by atoms with Gasteiger partial charge in [-0.2, -0.15) is 0 Å². The number of benzene rings is 2. The summed E-state index contributed by atoms with van der Waals surface area (Å²) in [5.74, 6) is -0.902. The van der Waals surface area contributed by atoms with Gasteiger partial charge in [0.15, 0.2) is 0 Å². The van der Waals surface area contributed by atoms with E-state index in [1.165, 1.54) is 17.7 Å². The highest BCUT2D eigenvalue weighted by Gasteiger charge is 2.22. The summed E-state index contributed by atoms with van der Waals surface area (Å²) in [5, 5.41) is 24.6. The zero-order valence-electron chi connectivity index (χ0n) is 20.9. The highest BCUT2D eigenvalue weighted by atomic mass is 19.1. The van der Waals surface area contributed by atoms with Crippen LogP contribution in [0.15, 0.2) is 53.6 Å². The standard InChI is InChI=1S/C29H38FNO3/c1-5-6-7-11-23-18-26(32)25(17-12-21(4)10-8-9-20(2)3)28(33)27(23)29(34)31-19-22-13-15-24(30)16-14-22/h9,12-16,18,32-33H,5-8,10-11,17,19H2,1-4H3,(H,31,34)/b21-12+. The Hall–Kier alpha value is -3.08. The first-order chi connectivity index (χ1) is 16.2. The number of carbonyl (C=O) groups is 1. The average molecular weight is 468 g/mol. The summed E-state index contributed by atoms with van der Waals surface area (Å²) in [7, 11) is 0. The fourth-order valence-electron chi connectivity index (χ4n) is 3.81. The molecule has 0 spiro atoms. The molecule has 2 aromatic rings. The van der Waals surface area contributed by atoms with Crippen molar-refractivity contribution < 1.29 is 19.4 Å². The first-order valence-corrected chi connectivity index (χ1v) is 12.1. The quantitative estimate of drug-likeness (QED) is 0.230. The predicted octanol–water partition coefficient (Wildman–Crippen LogP) is 7.13. The first-order valence-electron chi connectivity index (χ1n) is 12.1. The highest BCUT2D eigenvalue weighted by molar-refractivity contribution is 5.99. The second kappa shape index (κ2) is 13.6. The second-order valence-corrected chi connectivity index (χ2v) is 9.10. The van der Waals surface area contributed by atoms with Crippen LogP contribution in [0.4, 0.5) is 4.39 Å². The molecular formula is C29H38FNO3. The van der Waals surface area contributed by atoms with E-state index in [0.29, 0.717) is 24.0 Å². The fourth-order valence-corrected chi connectivity index (χ4v) is 3.81. The van der Waals surface area contributed by atoms with Gasteiger partial charge in [-0.3, -0.25) is 4.79 Å². The molecule has 2 aromatic carbocycles. The van der Waals surface area contributed by atoms with Crippen LogP contribution in [0.1, 0.15) is 86.8 Å². The number of aromatic hydroxyl groups is 2. The Morgan fingerprint density at radius 2 is 1.76 bits per heavy atom. The second-order valence-electron chi connectivity index (χ2n) is 9.10. The van der Waals surface area contributed by atoms with Gasteiger partial charge >= 0.3 is 0 Å². The molecule has 1 amide bonds. The van der Waals surface area contributed by atoms with E-state index in [1.807, 2.05) is 13.0 Å². The Kier molecular flexibility index (Phi) is 10.9. The van der Waals surface area contributed by atoms with Gasteiger partial charge in [-0.1, -0.05) is 55.2 Å². The summed E-state index contributed by atoms with van der Waals surface area (Å²) >= 11 is 0. The lowest BCUT2D eigenvalue weighted by Gasteiger charge is -2.16. The summed E-state index contributed by atoms with van der Waals surface area (Å²) in [6, 6.07) is 7.54. The van der Waals surface area contributed by atoms with Crippen LogP contribution in [0.25, 0.3) is 0 Å². The maximum Gasteiger partial charge on any atom is 0.255 e. The molecule has 3 N–H and O–H groups in total. The number of rotatable bonds is 12. The van der Waals surface area contributed by atoms with Crippen LogP contribution < -0.4 is 5.32 Å². The molecule has 0 aromatic heterocycles. The van der Waals surface area contributed by atoms with E-state index in [1.54, 1.807) is 18.2 Å². The van der Waals surface area contributed by atoms with E-state index in [2.05, 4.69) is 32.2 Å². The van der Waals surface area contributed by atoms with Crippen molar-refractivity contribution in [2.24, 2.45) is 0 Å². The molecule has 2 rings (SSSR count). The number of amides is 1. The maximum absolute atomic E-state index is 13.2. The minimum absolute atomic E-state index is 0.00688. The topological polar surface area (TPSA) is 69.6 Å². The summed E-state index contributed by atoms with van der Waals surface area (Å²) in [5.41, 5.74) is 4.39. The fraction of sp³-hybridized carbons (Fsp3) is 0.414. The third-order valence-corrected chi connectivity index (χ3v) is 5.85. The third-order valence-electron chi connectivity index (χ3n) is 5.85. The van der Waals surface area contributed by atoms with Gasteiger partial charge in [0.2, 0.25) is 0 Å². The molecule has 0 saturated heterocycles. The van der Waals surface area contributed by atoms with Crippen molar-refractivity contribution in [3.8, 4) is 11.5 Å². The van der Waals surface area contributed by atoms with Gasteiger partial charge in [0.05, 0.1) is 5.56 Å². The number of halogens is 1. The largest absolute Gasteiger partial charge is 0.508 e. The van der Waals surface area contributed by atoms with Crippen LogP contribution in [-0.4, -0.2) is 16.1 Å². The van der Waals surface area contributed by atoms with Crippen LogP contribution in [-0.2, 0) is 19.4 Å². The normalized spacial score (nSPS) is 11.4. The Bertz CT molecular complexity index is 1020. The number of phenols is 2. The van der Waals surface area contributed by atoms with Crippen molar-refractivity contribution >= 4 is 5.91 Å². The van der Waals surface area contributed by atoms with Crippen LogP contribution in [0, 0.1) is 5.82 Å². The molecule has 0 aliphatic carbocycles. The Labute approximate surface area is 203 Å². The Balaban J connectivity index is 2.28. The zero-order valence-corrected chi connectivity index (χ0v) is 20.9. The smallest absolute Gasteiger partial charge is 0.255 e. The number of hydrogen-bond acceptors (Lipinski definition) is 3. The average Bonchev–Trinajstić information content (AvgIpc) is 2.78. The van der Waals surface area contributed by atoms with Crippen molar-refractivity contribution in [3.05, 3.63) is 81.7 Å². The number of carbonyl (C=O) groups excluding carboxylic acids is 1. The zero-order chi connectivity index (χ0) is 25.1. The van der Waals surface area contributed by atoms with Gasteiger partial charge in [-0.05, 0) is 82.2 Å². The van der Waals surface area contributed by atoms with Gasteiger partial charge in [0.25, 0.3) is 5.91 Å². The lowest BCUT2D eigenvalue weighted by Crippen LogP contribution is -2.24. The molecule has 0 unspecified atom stereocenters. The summed E-state index contributed by atoms with van der Waals surface area (Å²) in [6.45, 7) is 8.48. The van der Waals surface area contributed by atoms with Crippen LogP contribution >= 0.6 is 0 Å². The van der Waals surface area contributed by atoms with E-state index in [4.69, 9.17) is 0 Å². The molecule has 0 radical (unpaired) electrons. The monoisotopic (exact) mass is 467 g/mol. The number of hydrogen-bond donors (Lipinski definition) is 3. The van der Waals surface area contributed by atoms with E-state index in [0.717, 1.165) is 43.2 Å². The maximum atomic E-state index is 13.2. The molecule has 5 heteroatoms. The summed E-state index contributed by atoms with van der Waals surface area (Å²) in [6.07, 6.45) is 9.81. The van der Waals surface area contributed by atoms with Gasteiger partial charge in [0.1, 0.15) is 17.3 Å². The molecule has 0 bridgehead atoms. The highest BCUT2D eigenvalue weighted by Crippen LogP contribution is 2.35. The molecule has 0 fully saturated rings. The molecule has 34 heavy (non-hydrogen) atoms. The van der Waals surface area contributed by atoms with Crippen molar-refractivity contribution in [1.82, 2.24) is 5.32 Å². The van der Waals surface area contributed by atoms with Crippen molar-refractivity contribution in [1.29, 1.82) is 0 Å². The number of unbranched alkanes of at least 4 members (excludes halogenated alkanes) is 2. The molecule has 0 heterocycles. The van der Waals surface area contributed by atoms with E-state index in [9.17, 15) is 19.4 Å². The van der Waals surface area contributed by atoms with Gasteiger partial charge in [0, 0.05) is 12.1 Å². The summed E-state index contributed by atoms with van der Waals surface area (Å²) in [4.78, 5) is 13.1.